The lowest BCUT2D eigenvalue weighted by Crippen LogP contribution is -2.29. The van der Waals surface area contributed by atoms with Crippen LogP contribution in [0.25, 0.3) is 49.3 Å². The number of aliphatic imine (C=N–C) groups is 1. The van der Waals surface area contributed by atoms with E-state index in [9.17, 15) is 24.0 Å². The number of aromatic amines is 4. The van der Waals surface area contributed by atoms with Gasteiger partial charge in [-0.15, -0.1) is 15.3 Å². The molecule has 646 valence electrons. The van der Waals surface area contributed by atoms with Gasteiger partial charge in [-0.3, -0.25) is 45.1 Å². The number of guanidine groups is 3. The second-order valence-corrected chi connectivity index (χ2v) is 29.5. The number of anilines is 5. The minimum absolute atomic E-state index is 0.0958. The maximum atomic E-state index is 12.9. The van der Waals surface area contributed by atoms with E-state index in [1.54, 1.807) is 101 Å². The first-order valence-corrected chi connectivity index (χ1v) is 39.8. The molecule has 1 aliphatic rings. The van der Waals surface area contributed by atoms with Crippen LogP contribution in [-0.4, -0.2) is 137 Å². The fraction of sp³-hybridized carbons (Fsp3) is 0.167. The van der Waals surface area contributed by atoms with Crippen LogP contribution in [0.5, 0.6) is 0 Å². The summed E-state index contributed by atoms with van der Waals surface area (Å²) in [6.45, 7) is 18.8. The number of carbonyl (C=O) groups excluding carboxylic acids is 5. The van der Waals surface area contributed by atoms with Crippen molar-refractivity contribution in [1.29, 1.82) is 0 Å². The van der Waals surface area contributed by atoms with E-state index in [0.29, 0.717) is 69.2 Å². The Morgan fingerprint density at radius 3 is 1.24 bits per heavy atom. The fourth-order valence-corrected chi connectivity index (χ4v) is 12.8. The number of hydrogen-bond acceptors (Lipinski definition) is 19. The highest BCUT2D eigenvalue weighted by molar-refractivity contribution is 6.12. The van der Waals surface area contributed by atoms with Crippen LogP contribution < -0.4 is 82.6 Å². The fourth-order valence-electron chi connectivity index (χ4n) is 12.8. The SMILES string of the molecule is C/C(=N/N=C(N)N)c1ccc2[nH]c(C(=O)Nc3ccc(-n4ccnc4)cc3)cc2c1.C=C(N)N/N=C(\C)c1ccc(NC(=O)c2cc3cc(C(CC(C)C)=NN=C(N)N)ccc3[nH]2)cc1.CC(=N/N=C(\C)c1ccc(NC(=O)c2cc3cc(C(N)=O)ccc3[nH]2)cc1)NO.CN=C(N)N/N=C(/C)c1ccc2[nH]c(C(=O)Nc3ccc(N4CCCCC4)cc3)cc2c1. The summed E-state index contributed by atoms with van der Waals surface area (Å²) in [6, 6.07) is 59.4. The number of primary amides is 1. The second kappa shape index (κ2) is 42.4. The Morgan fingerprint density at radius 1 is 0.444 bits per heavy atom. The largest absolute Gasteiger partial charge is 0.385 e. The summed E-state index contributed by atoms with van der Waals surface area (Å²) < 4.78 is 1.89. The number of amidine groups is 1. The number of hydrogen-bond donors (Lipinski definition) is 19. The Bertz CT molecular complexity index is 6390. The van der Waals surface area contributed by atoms with E-state index in [4.69, 9.17) is 45.3 Å². The molecule has 26 N–H and O–H groups in total. The quantitative estimate of drug-likeness (QED) is 0.0152. The van der Waals surface area contributed by atoms with Crippen molar-refractivity contribution in [3.8, 4) is 5.69 Å². The number of benzene rings is 8. The highest BCUT2D eigenvalue weighted by atomic mass is 16.5. The van der Waals surface area contributed by atoms with Crippen LogP contribution in [0.1, 0.15) is 154 Å². The van der Waals surface area contributed by atoms with Crippen molar-refractivity contribution in [3.05, 3.63) is 281 Å². The van der Waals surface area contributed by atoms with Crippen molar-refractivity contribution in [3.63, 3.8) is 0 Å². The number of hydrazone groups is 2. The number of aromatic nitrogens is 6. The lowest BCUT2D eigenvalue weighted by Gasteiger charge is -2.28. The molecular formula is C90H100N30O6. The number of rotatable bonds is 24. The van der Waals surface area contributed by atoms with Crippen LogP contribution >= 0.6 is 0 Å². The van der Waals surface area contributed by atoms with Gasteiger partial charge in [0, 0.05) is 116 Å². The van der Waals surface area contributed by atoms with Crippen molar-refractivity contribution < 1.29 is 29.2 Å². The van der Waals surface area contributed by atoms with Crippen LogP contribution in [0, 0.1) is 5.92 Å². The monoisotopic (exact) mass is 1700 g/mol. The first kappa shape index (κ1) is 90.0. The summed E-state index contributed by atoms with van der Waals surface area (Å²) >= 11 is 0. The van der Waals surface area contributed by atoms with Gasteiger partial charge in [0.25, 0.3) is 23.6 Å². The summed E-state index contributed by atoms with van der Waals surface area (Å²) in [7, 11) is 1.59. The molecule has 0 spiro atoms. The van der Waals surface area contributed by atoms with Crippen molar-refractivity contribution in [1.82, 2.24) is 45.8 Å². The molecule has 1 fully saturated rings. The topological polar surface area (TPSA) is 567 Å². The van der Waals surface area contributed by atoms with Crippen molar-refractivity contribution in [2.45, 2.75) is 74.1 Å². The number of piperidine rings is 1. The summed E-state index contributed by atoms with van der Waals surface area (Å²) in [5.74, 6) is -0.541. The number of amides is 5. The highest BCUT2D eigenvalue weighted by Gasteiger charge is 2.19. The maximum absolute atomic E-state index is 12.9. The molecule has 13 aromatic rings. The Kier molecular flexibility index (Phi) is 30.3. The van der Waals surface area contributed by atoms with Crippen molar-refractivity contribution >= 4 is 154 Å². The zero-order chi connectivity index (χ0) is 90.1. The molecule has 1 aliphatic heterocycles. The standard InChI is InChI=1S/C25H31N9O.C24H29N7O.C21H20N8O.C20H20N6O3/c1-14(2)11-22(33-34-25(27)28)18-7-10-21-19(12-18)13-23(30-21)24(35)29-20-8-5-17(6-9-20)15(3)31-32-16(4)26;1-16(29-30-24(25)26-2)17-6-11-21-18(14-17)15-22(28-21)23(32)27-19-7-9-20(10-8-19)31-12-4-3-5-13-31;1-13(27-28-21(22)23)14-2-7-18-15(10-14)11-19(26-18)20(30)25-16-3-5-17(6-4-16)29-9-8-24-12-29;1-11(24-25-12(2)26-29)13-3-6-16(7-4-13)22-20(28)18-10-15-9-14(19(21)27)5-8-17(15)23-18/h5-10,12-14,30,32H,4,11,26H2,1-3H3,(H,29,35)(H4,27,28,34);6-11,14-15,28H,3-5,12-13H2,1-2H3,(H,27,32)(H3,25,26,30);2-12,26H,1H3,(H,25,30)(H4,22,23,28);3-10,23,29H,1-2H3,(H2,21,27)(H,22,28)(H,25,26)/b31-15+,33-22?;29-16-;27-13-;24-11+. The zero-order valence-electron chi connectivity index (χ0n) is 70.6. The van der Waals surface area contributed by atoms with Gasteiger partial charge in [-0.05, 0) is 246 Å². The zero-order valence-corrected chi connectivity index (χ0v) is 70.6. The lowest BCUT2D eigenvalue weighted by molar-refractivity contribution is 0.0995. The average Bonchev–Trinajstić information content (AvgIpc) is 1.68. The van der Waals surface area contributed by atoms with E-state index < -0.39 is 5.91 Å². The Hall–Kier alpha value is -16.8. The van der Waals surface area contributed by atoms with Gasteiger partial charge in [0.2, 0.25) is 23.8 Å². The Labute approximate surface area is 724 Å². The Morgan fingerprint density at radius 2 is 0.817 bits per heavy atom. The lowest BCUT2D eigenvalue weighted by atomic mass is 9.99. The summed E-state index contributed by atoms with van der Waals surface area (Å²) in [4.78, 5) is 84.9. The molecule has 0 aliphatic carbocycles. The number of H-pyrrole nitrogens is 4. The number of nitrogens with zero attached hydrogens (tertiary/aromatic N) is 12. The molecule has 14 rings (SSSR count). The third-order valence-corrected chi connectivity index (χ3v) is 19.5. The number of hydroxylamine groups is 1. The van der Waals surface area contributed by atoms with Gasteiger partial charge < -0.3 is 90.8 Å². The molecule has 0 bridgehead atoms. The number of nitrogens with one attached hydrogen (secondary N) is 11. The van der Waals surface area contributed by atoms with Crippen LogP contribution in [-0.2, 0) is 0 Å². The predicted octanol–water partition coefficient (Wildman–Crippen LogP) is 12.1. The molecule has 0 atom stereocenters. The highest BCUT2D eigenvalue weighted by Crippen LogP contribution is 2.28. The molecule has 1 saturated heterocycles. The second-order valence-electron chi connectivity index (χ2n) is 29.5. The van der Waals surface area contributed by atoms with Crippen molar-refractivity contribution in [2.75, 3.05) is 46.3 Å². The molecule has 0 unspecified atom stereocenters. The van der Waals surface area contributed by atoms with Gasteiger partial charge in [-0.1, -0.05) is 62.9 Å². The Balaban J connectivity index is 0.000000163. The summed E-state index contributed by atoms with van der Waals surface area (Å²) in [5, 5.41) is 55.6. The molecule has 5 aromatic heterocycles. The number of nitrogens with two attached hydrogens (primary N) is 7. The van der Waals surface area contributed by atoms with Crippen LogP contribution in [0.3, 0.4) is 0 Å². The van der Waals surface area contributed by atoms with Gasteiger partial charge in [-0.25, -0.2) is 10.4 Å². The van der Waals surface area contributed by atoms with Crippen molar-refractivity contribution in [2.24, 2.45) is 91.9 Å². The number of fused-ring (bicyclic) bond motifs is 4. The smallest absolute Gasteiger partial charge is 0.272 e. The van der Waals surface area contributed by atoms with Crippen LogP contribution in [0.15, 0.2) is 271 Å². The minimum atomic E-state index is -0.522. The summed E-state index contributed by atoms with van der Waals surface area (Å²) in [5.41, 5.74) is 63.4. The van der Waals surface area contributed by atoms with E-state index in [0.717, 1.165) is 113 Å². The third-order valence-electron chi connectivity index (χ3n) is 19.5. The number of carbonyl (C=O) groups is 5. The van der Waals surface area contributed by atoms with Gasteiger partial charge in [-0.2, -0.15) is 25.5 Å². The van der Waals surface area contributed by atoms with E-state index in [1.807, 2.05) is 151 Å². The van der Waals surface area contributed by atoms with Gasteiger partial charge in [0.15, 0.2) is 0 Å². The first-order chi connectivity index (χ1) is 60.5. The minimum Gasteiger partial charge on any atom is -0.385 e. The van der Waals surface area contributed by atoms with Crippen LogP contribution in [0.4, 0.5) is 28.4 Å². The molecule has 126 heavy (non-hydrogen) atoms. The maximum Gasteiger partial charge on any atom is 0.272 e. The predicted molar refractivity (Wildman–Crippen MR) is 504 cm³/mol. The molecule has 5 amide bonds. The molecule has 8 aromatic carbocycles. The molecule has 6 heterocycles. The average molecular weight is 1700 g/mol. The molecule has 0 saturated carbocycles. The normalized spacial score (nSPS) is 12.7. The van der Waals surface area contributed by atoms with Gasteiger partial charge >= 0.3 is 0 Å². The van der Waals surface area contributed by atoms with Gasteiger partial charge in [0.05, 0.1) is 34.9 Å². The van der Waals surface area contributed by atoms with Crippen LogP contribution in [0.2, 0.25) is 0 Å². The third kappa shape index (κ3) is 25.2. The van der Waals surface area contributed by atoms with E-state index in [2.05, 4.69) is 140 Å². The molecule has 0 radical (unpaired) electrons. The molecular weight excluding hydrogens is 1600 g/mol. The molecule has 36 nitrogen and oxygen atoms in total. The number of imidazole rings is 1. The van der Waals surface area contributed by atoms with E-state index in [-0.39, 0.29) is 53.2 Å². The first-order valence-electron chi connectivity index (χ1n) is 39.8. The van der Waals surface area contributed by atoms with E-state index >= 15 is 0 Å². The summed E-state index contributed by atoms with van der Waals surface area (Å²) in [6.07, 6.45) is 9.78. The molecule has 36 heteroatoms. The van der Waals surface area contributed by atoms with E-state index in [1.165, 1.54) is 24.9 Å². The van der Waals surface area contributed by atoms with Gasteiger partial charge in [0.1, 0.15) is 34.4 Å².